The van der Waals surface area contributed by atoms with E-state index in [-0.39, 0.29) is 55.2 Å². The maximum atomic E-state index is 12.3. The van der Waals surface area contributed by atoms with E-state index >= 15 is 0 Å². The lowest BCUT2D eigenvalue weighted by Crippen LogP contribution is -1.96. The van der Waals surface area contributed by atoms with E-state index < -0.39 is 5.97 Å². The summed E-state index contributed by atoms with van der Waals surface area (Å²) >= 11 is 0. The van der Waals surface area contributed by atoms with Gasteiger partial charge in [-0.1, -0.05) is 84.9 Å². The average Bonchev–Trinajstić information content (AvgIpc) is 3.76. The van der Waals surface area contributed by atoms with E-state index in [1.54, 1.807) is 12.1 Å². The lowest BCUT2D eigenvalue weighted by Gasteiger charge is -1.98. The van der Waals surface area contributed by atoms with Crippen LogP contribution in [0.5, 0.6) is 0 Å². The number of nitrogens with zero attached hydrogens (tertiary/aromatic N) is 6. The fraction of sp³-hybridized carbons (Fsp3) is 0. The summed E-state index contributed by atoms with van der Waals surface area (Å²) in [6.45, 7) is 0. The Balaban J connectivity index is 0.00000108. The van der Waals surface area contributed by atoms with E-state index in [0.29, 0.717) is 56.7 Å². The molecule has 0 fully saturated rings. The molecule has 0 saturated carbocycles. The van der Waals surface area contributed by atoms with Crippen LogP contribution >= 0.6 is 49.6 Å². The van der Waals surface area contributed by atoms with Crippen molar-refractivity contribution in [1.82, 2.24) is 39.9 Å². The van der Waals surface area contributed by atoms with Crippen LogP contribution in [0.2, 0.25) is 0 Å². The van der Waals surface area contributed by atoms with Crippen LogP contribution in [0.25, 0.3) is 89.7 Å². The first-order valence-electron chi connectivity index (χ1n) is 13.6. The van der Waals surface area contributed by atoms with E-state index in [1.165, 1.54) is 0 Å². The van der Waals surface area contributed by atoms with Crippen LogP contribution in [0, 0.1) is 0 Å². The molecule has 5 heterocycles. The third-order valence-electron chi connectivity index (χ3n) is 7.81. The number of aromatic carboxylic acids is 1. The monoisotopic (exact) mass is 702 g/mol. The molecule has 2 aliphatic rings. The molecular formula is C33H22Cl4N8O2. The minimum Gasteiger partial charge on any atom is -0.478 e. The van der Waals surface area contributed by atoms with Gasteiger partial charge in [-0.25, -0.2) is 34.7 Å². The Morgan fingerprint density at radius 2 is 0.809 bits per heavy atom. The summed E-state index contributed by atoms with van der Waals surface area (Å²) in [6.07, 6.45) is 0. The first kappa shape index (κ1) is 33.2. The molecule has 7 aromatic rings. The van der Waals surface area contributed by atoms with Crippen LogP contribution in [0.3, 0.4) is 0 Å². The van der Waals surface area contributed by atoms with Crippen LogP contribution in [-0.4, -0.2) is 50.9 Å². The molecule has 2 aliphatic heterocycles. The molecule has 0 radical (unpaired) electrons. The second-order valence-corrected chi connectivity index (χ2v) is 10.3. The van der Waals surface area contributed by atoms with Gasteiger partial charge in [0.1, 0.15) is 22.6 Å². The van der Waals surface area contributed by atoms with Gasteiger partial charge >= 0.3 is 5.97 Å². The Bertz CT molecular complexity index is 2530. The van der Waals surface area contributed by atoms with Crippen LogP contribution in [0.15, 0.2) is 91.0 Å². The summed E-state index contributed by atoms with van der Waals surface area (Å²) in [5, 5.41) is 12.9. The second kappa shape index (κ2) is 12.6. The van der Waals surface area contributed by atoms with Gasteiger partial charge in [0.05, 0.1) is 5.56 Å². The third-order valence-corrected chi connectivity index (χ3v) is 7.81. The van der Waals surface area contributed by atoms with Gasteiger partial charge in [0, 0.05) is 43.8 Å². The zero-order chi connectivity index (χ0) is 28.7. The quantitative estimate of drug-likeness (QED) is 0.155. The summed E-state index contributed by atoms with van der Waals surface area (Å²) < 4.78 is 0. The summed E-state index contributed by atoms with van der Waals surface area (Å²) in [7, 11) is 0. The van der Waals surface area contributed by atoms with Crippen molar-refractivity contribution in [2.45, 2.75) is 0 Å². The highest BCUT2D eigenvalue weighted by atomic mass is 35.5. The zero-order valence-corrected chi connectivity index (χ0v) is 27.1. The molecule has 4 aromatic carbocycles. The number of carbonyl (C=O) groups is 1. The zero-order valence-electron chi connectivity index (χ0n) is 23.8. The summed E-state index contributed by atoms with van der Waals surface area (Å²) in [6, 6.07) is 28.5. The molecule has 0 unspecified atom stereocenters. The number of nitrogens with one attached hydrogen (secondary N) is 2. The van der Waals surface area contributed by atoms with Crippen molar-refractivity contribution in [3.8, 4) is 45.6 Å². The van der Waals surface area contributed by atoms with Crippen molar-refractivity contribution in [3.63, 3.8) is 0 Å². The number of hydrogen-bond donors (Lipinski definition) is 3. The summed E-state index contributed by atoms with van der Waals surface area (Å²) in [5.41, 5.74) is 5.36. The number of benzene rings is 4. The van der Waals surface area contributed by atoms with Crippen molar-refractivity contribution < 1.29 is 9.90 Å². The highest BCUT2D eigenvalue weighted by molar-refractivity contribution is 6.15. The third kappa shape index (κ3) is 5.12. The molecule has 0 atom stereocenters. The van der Waals surface area contributed by atoms with Gasteiger partial charge < -0.3 is 15.1 Å². The molecule has 8 bridgehead atoms. The van der Waals surface area contributed by atoms with E-state index in [1.807, 2.05) is 78.9 Å². The number of fused-ring (bicyclic) bond motifs is 20. The van der Waals surface area contributed by atoms with Crippen LogP contribution in [0.4, 0.5) is 0 Å². The van der Waals surface area contributed by atoms with Crippen LogP contribution in [0.1, 0.15) is 10.4 Å². The fourth-order valence-electron chi connectivity index (χ4n) is 5.87. The molecule has 47 heavy (non-hydrogen) atoms. The van der Waals surface area contributed by atoms with Gasteiger partial charge in [0.25, 0.3) is 0 Å². The van der Waals surface area contributed by atoms with Gasteiger partial charge in [0.15, 0.2) is 23.3 Å². The summed E-state index contributed by atoms with van der Waals surface area (Å²) in [5.74, 6) is 0.791. The minimum atomic E-state index is -1.07. The first-order valence-corrected chi connectivity index (χ1v) is 13.6. The van der Waals surface area contributed by atoms with E-state index in [9.17, 15) is 9.90 Å². The normalized spacial score (nSPS) is 10.9. The Morgan fingerprint density at radius 3 is 1.26 bits per heavy atom. The number of H-pyrrole nitrogens is 2. The largest absolute Gasteiger partial charge is 0.478 e. The maximum Gasteiger partial charge on any atom is 0.336 e. The number of aromatic amines is 2. The maximum absolute atomic E-state index is 12.3. The number of hydrogen-bond acceptors (Lipinski definition) is 7. The fourth-order valence-corrected chi connectivity index (χ4v) is 5.87. The van der Waals surface area contributed by atoms with E-state index in [4.69, 9.17) is 29.9 Å². The number of carboxylic acid groups (broad SMARTS) is 1. The SMILES string of the molecule is Cl.Cl.Cl.Cl.O=C(O)c1cccc2c3nc4nc(nc5[nH]c(nc6nc(nc([nH]3)c12)-c1ccccc1-6)c1ccccc51)-c1ccccc1-4. The van der Waals surface area contributed by atoms with Crippen LogP contribution < -0.4 is 0 Å². The number of carboxylic acids is 1. The van der Waals surface area contributed by atoms with E-state index in [2.05, 4.69) is 9.97 Å². The molecule has 9 rings (SSSR count). The molecule has 10 nitrogen and oxygen atoms in total. The van der Waals surface area contributed by atoms with Gasteiger partial charge in [0.2, 0.25) is 0 Å². The predicted octanol–water partition coefficient (Wildman–Crippen LogP) is 8.25. The molecule has 234 valence electrons. The molecule has 0 saturated heterocycles. The Labute approximate surface area is 290 Å². The molecule has 0 amide bonds. The van der Waals surface area contributed by atoms with Crippen molar-refractivity contribution >= 4 is 99.7 Å². The van der Waals surface area contributed by atoms with Crippen molar-refractivity contribution in [2.75, 3.05) is 0 Å². The molecule has 3 aromatic heterocycles. The topological polar surface area (TPSA) is 146 Å². The molecule has 0 aliphatic carbocycles. The summed E-state index contributed by atoms with van der Waals surface area (Å²) in [4.78, 5) is 48.5. The van der Waals surface area contributed by atoms with Gasteiger partial charge in [-0.3, -0.25) is 0 Å². The molecular weight excluding hydrogens is 682 g/mol. The van der Waals surface area contributed by atoms with Gasteiger partial charge in [-0.05, 0) is 6.07 Å². The highest BCUT2D eigenvalue weighted by Gasteiger charge is 2.23. The second-order valence-electron chi connectivity index (χ2n) is 10.3. The Morgan fingerprint density at radius 1 is 0.447 bits per heavy atom. The first-order chi connectivity index (χ1) is 21.1. The predicted molar refractivity (Wildman–Crippen MR) is 192 cm³/mol. The van der Waals surface area contributed by atoms with Crippen LogP contribution in [-0.2, 0) is 0 Å². The number of aromatic nitrogens is 8. The van der Waals surface area contributed by atoms with Crippen molar-refractivity contribution in [3.05, 3.63) is 96.6 Å². The average molecular weight is 704 g/mol. The van der Waals surface area contributed by atoms with Gasteiger partial charge in [-0.15, -0.1) is 49.6 Å². The van der Waals surface area contributed by atoms with E-state index in [0.717, 1.165) is 33.0 Å². The van der Waals surface area contributed by atoms with Crippen molar-refractivity contribution in [2.24, 2.45) is 0 Å². The number of rotatable bonds is 1. The Hall–Kier alpha value is -5.13. The lowest BCUT2D eigenvalue weighted by molar-refractivity contribution is 0.0699. The van der Waals surface area contributed by atoms with Crippen molar-refractivity contribution in [1.29, 1.82) is 0 Å². The molecule has 3 N–H and O–H groups in total. The molecule has 0 spiro atoms. The number of halogens is 4. The lowest BCUT2D eigenvalue weighted by atomic mass is 10.1. The standard InChI is InChI=1S/C33H18N8O2.4ClH/c42-33(43)23-15-7-14-22-24(23)32-40-30-21-13-6-5-12-20(21)28(38-30)36-26-17-9-2-1-8-16(17)25(34-26)35-27-18-10-3-4-11-19(18)29(37-27)39-31(22)41-32;;;;/h1-15H,(H,42,43)(H2,34,35,36,37,38,39,40,41);4*1H. The Kier molecular flexibility index (Phi) is 8.90. The minimum absolute atomic E-state index is 0. The molecule has 14 heteroatoms. The van der Waals surface area contributed by atoms with Gasteiger partial charge in [-0.2, -0.15) is 0 Å². The smallest absolute Gasteiger partial charge is 0.336 e. The highest BCUT2D eigenvalue weighted by Crippen LogP contribution is 2.37.